The summed E-state index contributed by atoms with van der Waals surface area (Å²) in [5, 5.41) is 0. The third kappa shape index (κ3) is 3.07. The van der Waals surface area contributed by atoms with Crippen LogP contribution in [0.4, 0.5) is 0 Å². The van der Waals surface area contributed by atoms with E-state index in [1.807, 2.05) is 0 Å². The van der Waals surface area contributed by atoms with E-state index in [2.05, 4.69) is 6.58 Å². The summed E-state index contributed by atoms with van der Waals surface area (Å²) in [5.74, 6) is -3.76. The molecule has 9 heteroatoms. The van der Waals surface area contributed by atoms with Gasteiger partial charge in [-0.15, -0.1) is 0 Å². The van der Waals surface area contributed by atoms with Gasteiger partial charge in [0.2, 0.25) is 0 Å². The largest absolute Gasteiger partial charge is 0.469 e. The Hall–Kier alpha value is -2.42. The lowest BCUT2D eigenvalue weighted by molar-refractivity contribution is -0.163. The van der Waals surface area contributed by atoms with Crippen molar-refractivity contribution in [1.82, 2.24) is 0 Å². The molecule has 0 aromatic rings. The van der Waals surface area contributed by atoms with Crippen molar-refractivity contribution < 1.29 is 42.9 Å². The van der Waals surface area contributed by atoms with Crippen LogP contribution in [0.15, 0.2) is 12.2 Å². The first-order chi connectivity index (χ1) is 12.3. The monoisotopic (exact) mass is 368 g/mol. The Bertz CT molecular complexity index is 655. The van der Waals surface area contributed by atoms with Gasteiger partial charge in [-0.2, -0.15) is 0 Å². The van der Waals surface area contributed by atoms with Gasteiger partial charge in [0, 0.05) is 12.0 Å². The molecule has 142 valence electrons. The number of carbonyl (C=O) groups excluding carboxylic acids is 4. The number of ether oxygens (including phenoxy) is 5. The molecule has 3 aliphatic heterocycles. The summed E-state index contributed by atoms with van der Waals surface area (Å²) in [4.78, 5) is 47.3. The maximum Gasteiger partial charge on any atom is 0.333 e. The molecule has 6 atom stereocenters. The van der Waals surface area contributed by atoms with E-state index in [4.69, 9.17) is 23.7 Å². The fraction of sp³-hybridized carbons (Fsp3) is 0.647. The van der Waals surface area contributed by atoms with Crippen LogP contribution in [0.3, 0.4) is 0 Å². The number of hydrogen-bond acceptors (Lipinski definition) is 9. The lowest BCUT2D eigenvalue weighted by Crippen LogP contribution is -2.47. The molecule has 26 heavy (non-hydrogen) atoms. The fourth-order valence-corrected chi connectivity index (χ4v) is 3.59. The highest BCUT2D eigenvalue weighted by atomic mass is 16.7. The Kier molecular flexibility index (Phi) is 4.99. The van der Waals surface area contributed by atoms with Crippen molar-refractivity contribution in [3.05, 3.63) is 12.2 Å². The smallest absolute Gasteiger partial charge is 0.333 e. The molecule has 3 aliphatic rings. The highest BCUT2D eigenvalue weighted by Crippen LogP contribution is 2.51. The number of carbonyl (C=O) groups is 4. The normalized spacial score (nSPS) is 33.5. The zero-order valence-electron chi connectivity index (χ0n) is 14.5. The standard InChI is InChI=1S/C17H20O9/c1-7(2)15(19)23-6-4-5-8(18)24-13-11-9(16(20)22-3)10-12(25-11)14(13)26-17(10)21/h9-14H,1,4-6H2,2-3H3. The van der Waals surface area contributed by atoms with Gasteiger partial charge in [0.15, 0.2) is 12.2 Å². The summed E-state index contributed by atoms with van der Waals surface area (Å²) < 4.78 is 25.9. The SMILES string of the molecule is C=C(C)C(=O)OCCCC(=O)OC1C2OC(=O)C3C2OC1C3C(=O)OC. The summed E-state index contributed by atoms with van der Waals surface area (Å²) in [5.41, 5.74) is 0.276. The van der Waals surface area contributed by atoms with Crippen molar-refractivity contribution in [3.8, 4) is 0 Å². The fourth-order valence-electron chi connectivity index (χ4n) is 3.59. The average molecular weight is 368 g/mol. The van der Waals surface area contributed by atoms with E-state index in [1.54, 1.807) is 0 Å². The summed E-state index contributed by atoms with van der Waals surface area (Å²) in [6.07, 6.45) is -2.65. The quantitative estimate of drug-likeness (QED) is 0.263. The minimum atomic E-state index is -0.850. The highest BCUT2D eigenvalue weighted by Gasteiger charge is 2.71. The predicted octanol–water partition coefficient (Wildman–Crippen LogP) is -0.0905. The van der Waals surface area contributed by atoms with Crippen LogP contribution in [-0.4, -0.2) is 62.0 Å². The molecule has 0 amide bonds. The van der Waals surface area contributed by atoms with Crippen LogP contribution < -0.4 is 0 Å². The van der Waals surface area contributed by atoms with E-state index in [0.717, 1.165) is 0 Å². The van der Waals surface area contributed by atoms with Crippen molar-refractivity contribution in [2.24, 2.45) is 11.8 Å². The van der Waals surface area contributed by atoms with Gasteiger partial charge in [0.05, 0.1) is 13.7 Å². The molecular formula is C17H20O9. The number of esters is 4. The minimum Gasteiger partial charge on any atom is -0.469 e. The van der Waals surface area contributed by atoms with Gasteiger partial charge >= 0.3 is 23.9 Å². The first kappa shape index (κ1) is 18.4. The van der Waals surface area contributed by atoms with Crippen molar-refractivity contribution in [1.29, 1.82) is 0 Å². The average Bonchev–Trinajstić information content (AvgIpc) is 3.21. The maximum atomic E-state index is 12.1. The maximum absolute atomic E-state index is 12.1. The van der Waals surface area contributed by atoms with Gasteiger partial charge in [-0.05, 0) is 13.3 Å². The molecule has 3 fully saturated rings. The molecular weight excluding hydrogens is 348 g/mol. The van der Waals surface area contributed by atoms with Crippen molar-refractivity contribution in [2.75, 3.05) is 13.7 Å². The third-order valence-electron chi connectivity index (χ3n) is 4.75. The Morgan fingerprint density at radius 3 is 2.58 bits per heavy atom. The van der Waals surface area contributed by atoms with Crippen LogP contribution in [-0.2, 0) is 42.9 Å². The van der Waals surface area contributed by atoms with Crippen molar-refractivity contribution in [3.63, 3.8) is 0 Å². The molecule has 0 aromatic heterocycles. The van der Waals surface area contributed by atoms with Crippen molar-refractivity contribution >= 4 is 23.9 Å². The number of hydrogen-bond donors (Lipinski definition) is 0. The molecule has 3 rings (SSSR count). The molecule has 0 aliphatic carbocycles. The number of rotatable bonds is 7. The summed E-state index contributed by atoms with van der Waals surface area (Å²) in [6.45, 7) is 5.04. The van der Waals surface area contributed by atoms with Gasteiger partial charge in [-0.25, -0.2) is 4.79 Å². The third-order valence-corrected chi connectivity index (χ3v) is 4.75. The molecule has 2 bridgehead atoms. The Balaban J connectivity index is 1.54. The van der Waals surface area contributed by atoms with Crippen LogP contribution in [0.5, 0.6) is 0 Å². The van der Waals surface area contributed by atoms with Gasteiger partial charge in [0.25, 0.3) is 0 Å². The molecule has 0 radical (unpaired) electrons. The molecule has 0 saturated carbocycles. The van der Waals surface area contributed by atoms with Gasteiger partial charge in [-0.1, -0.05) is 6.58 Å². The molecule has 0 spiro atoms. The molecule has 0 N–H and O–H groups in total. The first-order valence-corrected chi connectivity index (χ1v) is 8.31. The zero-order chi connectivity index (χ0) is 19.0. The van der Waals surface area contributed by atoms with E-state index >= 15 is 0 Å². The van der Waals surface area contributed by atoms with Crippen molar-refractivity contribution in [2.45, 2.75) is 44.2 Å². The lowest BCUT2D eigenvalue weighted by Gasteiger charge is -2.26. The van der Waals surface area contributed by atoms with Gasteiger partial charge in [-0.3, -0.25) is 14.4 Å². The number of methoxy groups -OCH3 is 1. The zero-order valence-corrected chi connectivity index (χ0v) is 14.5. The highest BCUT2D eigenvalue weighted by molar-refractivity contribution is 5.87. The Morgan fingerprint density at radius 2 is 1.92 bits per heavy atom. The van der Waals surface area contributed by atoms with Crippen LogP contribution in [0, 0.1) is 11.8 Å². The van der Waals surface area contributed by atoms with E-state index in [-0.39, 0.29) is 25.0 Å². The van der Waals surface area contributed by atoms with Crippen LogP contribution in [0.2, 0.25) is 0 Å². The lowest BCUT2D eigenvalue weighted by atomic mass is 9.78. The van der Waals surface area contributed by atoms with Crippen LogP contribution in [0.1, 0.15) is 19.8 Å². The Morgan fingerprint density at radius 1 is 1.19 bits per heavy atom. The second-order valence-corrected chi connectivity index (χ2v) is 6.52. The molecule has 9 nitrogen and oxygen atoms in total. The molecule has 3 saturated heterocycles. The molecule has 0 aromatic carbocycles. The molecule has 6 unspecified atom stereocenters. The number of fused-ring (bicyclic) bond motifs is 1. The van der Waals surface area contributed by atoms with Gasteiger partial charge in [0.1, 0.15) is 24.0 Å². The molecule has 3 heterocycles. The van der Waals surface area contributed by atoms with E-state index in [9.17, 15) is 19.2 Å². The Labute approximate surface area is 149 Å². The van der Waals surface area contributed by atoms with E-state index in [0.29, 0.717) is 0 Å². The van der Waals surface area contributed by atoms with Crippen LogP contribution in [0.25, 0.3) is 0 Å². The summed E-state index contributed by atoms with van der Waals surface area (Å²) >= 11 is 0. The summed E-state index contributed by atoms with van der Waals surface area (Å²) in [6, 6.07) is 0. The summed E-state index contributed by atoms with van der Waals surface area (Å²) in [7, 11) is 1.22. The second-order valence-electron chi connectivity index (χ2n) is 6.52. The van der Waals surface area contributed by atoms with E-state index in [1.165, 1.54) is 14.0 Å². The predicted molar refractivity (Wildman–Crippen MR) is 82.4 cm³/mol. The van der Waals surface area contributed by atoms with Gasteiger partial charge < -0.3 is 23.7 Å². The first-order valence-electron chi connectivity index (χ1n) is 8.31. The second kappa shape index (κ2) is 7.06. The minimum absolute atomic E-state index is 0.00431. The topological polar surface area (TPSA) is 114 Å². The van der Waals surface area contributed by atoms with Crippen LogP contribution >= 0.6 is 0 Å². The van der Waals surface area contributed by atoms with E-state index < -0.39 is 60.1 Å².